The van der Waals surface area contributed by atoms with E-state index in [1.165, 1.54) is 0 Å². The van der Waals surface area contributed by atoms with E-state index in [2.05, 4.69) is 35.9 Å². The zero-order valence-electron chi connectivity index (χ0n) is 20.8. The number of para-hydroxylation sites is 2. The van der Waals surface area contributed by atoms with Crippen LogP contribution in [0.1, 0.15) is 43.1 Å². The number of aromatic nitrogens is 1. The molecule has 1 N–H and O–H groups in total. The number of hydrogen-bond acceptors (Lipinski definition) is 4. The predicted molar refractivity (Wildman–Crippen MR) is 136 cm³/mol. The molecular weight excluding hydrogens is 440 g/mol. The Hall–Kier alpha value is -3.32. The van der Waals surface area contributed by atoms with Gasteiger partial charge < -0.3 is 24.4 Å². The zero-order valence-corrected chi connectivity index (χ0v) is 20.8. The van der Waals surface area contributed by atoms with Crippen LogP contribution in [-0.4, -0.2) is 77.4 Å². The monoisotopic (exact) mass is 474 g/mol. The van der Waals surface area contributed by atoms with E-state index < -0.39 is 12.1 Å². The Kier molecular flexibility index (Phi) is 6.52. The normalized spacial score (nSPS) is 19.9. The van der Waals surface area contributed by atoms with Gasteiger partial charge in [-0.25, -0.2) is 0 Å². The van der Waals surface area contributed by atoms with Gasteiger partial charge in [-0.05, 0) is 43.8 Å². The summed E-state index contributed by atoms with van der Waals surface area (Å²) in [6, 6.07) is 15.0. The van der Waals surface area contributed by atoms with Crippen LogP contribution < -0.4 is 4.74 Å². The number of amides is 2. The van der Waals surface area contributed by atoms with Crippen molar-refractivity contribution in [1.82, 2.24) is 19.7 Å². The highest BCUT2D eigenvalue weighted by atomic mass is 16.5. The van der Waals surface area contributed by atoms with E-state index >= 15 is 0 Å². The van der Waals surface area contributed by atoms with E-state index in [0.29, 0.717) is 18.7 Å². The molecule has 7 heteroatoms. The maximum atomic E-state index is 13.8. The van der Waals surface area contributed by atoms with Gasteiger partial charge in [-0.3, -0.25) is 9.59 Å². The topological polar surface area (TPSA) is 68.9 Å². The van der Waals surface area contributed by atoms with Crippen molar-refractivity contribution >= 4 is 22.7 Å². The first-order valence-electron chi connectivity index (χ1n) is 12.6. The van der Waals surface area contributed by atoms with Crippen molar-refractivity contribution in [3.8, 4) is 5.75 Å². The standard InChI is InChI=1S/C28H34N4O3/c1-4-30(5-2)15-10-16-31-18-25(33)32-23(28(31)34)17-21-19-11-6-8-13-22(19)29-26(21)27(32)20-12-7-9-14-24(20)35-3/h6-9,11-14,23,27,29H,4-5,10,15-18H2,1-3H3/t23-,27?/m0/s1. The molecule has 2 atom stereocenters. The van der Waals surface area contributed by atoms with Crippen LogP contribution in [0.4, 0.5) is 0 Å². The van der Waals surface area contributed by atoms with Crippen LogP contribution in [0, 0.1) is 0 Å². The predicted octanol–water partition coefficient (Wildman–Crippen LogP) is 3.59. The highest BCUT2D eigenvalue weighted by Crippen LogP contribution is 2.44. The van der Waals surface area contributed by atoms with Crippen molar-refractivity contribution in [3.63, 3.8) is 0 Å². The summed E-state index contributed by atoms with van der Waals surface area (Å²) in [5, 5.41) is 1.11. The molecule has 0 spiro atoms. The molecule has 0 radical (unpaired) electrons. The Morgan fingerprint density at radius 1 is 1.06 bits per heavy atom. The van der Waals surface area contributed by atoms with Crippen molar-refractivity contribution in [3.05, 3.63) is 65.4 Å². The fourth-order valence-corrected chi connectivity index (χ4v) is 5.75. The molecule has 2 aliphatic heterocycles. The van der Waals surface area contributed by atoms with Gasteiger partial charge in [0.15, 0.2) is 0 Å². The number of rotatable bonds is 8. The average Bonchev–Trinajstić information content (AvgIpc) is 3.26. The first-order valence-corrected chi connectivity index (χ1v) is 12.6. The number of methoxy groups -OCH3 is 1. The Morgan fingerprint density at radius 2 is 1.80 bits per heavy atom. The third-order valence-electron chi connectivity index (χ3n) is 7.57. The van der Waals surface area contributed by atoms with Crippen molar-refractivity contribution in [2.24, 2.45) is 0 Å². The molecule has 1 fully saturated rings. The molecule has 3 aromatic rings. The van der Waals surface area contributed by atoms with E-state index in [9.17, 15) is 9.59 Å². The molecule has 35 heavy (non-hydrogen) atoms. The quantitative estimate of drug-likeness (QED) is 0.542. The summed E-state index contributed by atoms with van der Waals surface area (Å²) in [6.07, 6.45) is 1.38. The number of nitrogens with one attached hydrogen (secondary N) is 1. The number of H-pyrrole nitrogens is 1. The maximum Gasteiger partial charge on any atom is 0.246 e. The second-order valence-electron chi connectivity index (χ2n) is 9.37. The summed E-state index contributed by atoms with van der Waals surface area (Å²) in [5.74, 6) is 0.738. The fourth-order valence-electron chi connectivity index (χ4n) is 5.75. The van der Waals surface area contributed by atoms with Gasteiger partial charge in [0, 0.05) is 35.1 Å². The smallest absolute Gasteiger partial charge is 0.246 e. The number of piperazine rings is 1. The Balaban J connectivity index is 1.54. The second kappa shape index (κ2) is 9.74. The van der Waals surface area contributed by atoms with E-state index in [0.717, 1.165) is 53.8 Å². The first kappa shape index (κ1) is 23.4. The lowest BCUT2D eigenvalue weighted by Gasteiger charge is -2.47. The van der Waals surface area contributed by atoms with Gasteiger partial charge in [0.05, 0.1) is 13.7 Å². The van der Waals surface area contributed by atoms with E-state index in [1.807, 2.05) is 36.4 Å². The van der Waals surface area contributed by atoms with Crippen LogP contribution in [0.3, 0.4) is 0 Å². The summed E-state index contributed by atoms with van der Waals surface area (Å²) >= 11 is 0. The molecule has 0 aliphatic carbocycles. The highest BCUT2D eigenvalue weighted by Gasteiger charge is 2.48. The van der Waals surface area contributed by atoms with Crippen LogP contribution >= 0.6 is 0 Å². The van der Waals surface area contributed by atoms with Crippen molar-refractivity contribution in [1.29, 1.82) is 0 Å². The molecule has 1 saturated heterocycles. The van der Waals surface area contributed by atoms with Gasteiger partial charge in [0.1, 0.15) is 17.8 Å². The number of hydrogen-bond donors (Lipinski definition) is 1. The molecule has 0 saturated carbocycles. The molecule has 7 nitrogen and oxygen atoms in total. The number of nitrogens with zero attached hydrogens (tertiary/aromatic N) is 3. The summed E-state index contributed by atoms with van der Waals surface area (Å²) in [7, 11) is 1.64. The highest BCUT2D eigenvalue weighted by molar-refractivity contribution is 5.97. The van der Waals surface area contributed by atoms with Crippen LogP contribution in [0.2, 0.25) is 0 Å². The molecule has 3 heterocycles. The van der Waals surface area contributed by atoms with E-state index in [4.69, 9.17) is 4.74 Å². The molecule has 2 aliphatic rings. The van der Waals surface area contributed by atoms with E-state index in [1.54, 1.807) is 16.9 Å². The minimum Gasteiger partial charge on any atom is -0.496 e. The van der Waals surface area contributed by atoms with Gasteiger partial charge in [-0.1, -0.05) is 50.2 Å². The Labute approximate surface area is 206 Å². The lowest BCUT2D eigenvalue weighted by Crippen LogP contribution is -2.63. The maximum absolute atomic E-state index is 13.8. The number of carbonyl (C=O) groups excluding carboxylic acids is 2. The fraction of sp³-hybridized carbons (Fsp3) is 0.429. The largest absolute Gasteiger partial charge is 0.496 e. The van der Waals surface area contributed by atoms with Crippen LogP contribution in [-0.2, 0) is 16.0 Å². The number of fused-ring (bicyclic) bond motifs is 4. The van der Waals surface area contributed by atoms with Crippen LogP contribution in [0.15, 0.2) is 48.5 Å². The molecular formula is C28H34N4O3. The summed E-state index contributed by atoms with van der Waals surface area (Å²) in [5.41, 5.74) is 4.00. The number of carbonyl (C=O) groups is 2. The first-order chi connectivity index (χ1) is 17.1. The molecule has 5 rings (SSSR count). The molecule has 0 bridgehead atoms. The van der Waals surface area contributed by atoms with Crippen molar-refractivity contribution < 1.29 is 14.3 Å². The molecule has 184 valence electrons. The van der Waals surface area contributed by atoms with Crippen molar-refractivity contribution in [2.45, 2.75) is 38.8 Å². The summed E-state index contributed by atoms with van der Waals surface area (Å²) in [4.78, 5) is 37.0. The molecule has 2 aromatic carbocycles. The molecule has 2 amide bonds. The third-order valence-corrected chi connectivity index (χ3v) is 7.57. The van der Waals surface area contributed by atoms with Gasteiger partial charge in [-0.15, -0.1) is 0 Å². The van der Waals surface area contributed by atoms with Crippen LogP contribution in [0.25, 0.3) is 10.9 Å². The summed E-state index contributed by atoms with van der Waals surface area (Å²) in [6.45, 7) is 7.93. The Bertz CT molecular complexity index is 1230. The van der Waals surface area contributed by atoms with Gasteiger partial charge in [0.25, 0.3) is 0 Å². The second-order valence-corrected chi connectivity index (χ2v) is 9.37. The minimum atomic E-state index is -0.522. The SMILES string of the molecule is CCN(CC)CCCN1CC(=O)N2C(c3ccccc3OC)c3[nH]c4ccccc4c3C[C@H]2C1=O. The lowest BCUT2D eigenvalue weighted by atomic mass is 9.86. The van der Waals surface area contributed by atoms with Gasteiger partial charge >= 0.3 is 0 Å². The van der Waals surface area contributed by atoms with E-state index in [-0.39, 0.29) is 18.4 Å². The number of benzene rings is 2. The molecule has 1 aromatic heterocycles. The Morgan fingerprint density at radius 3 is 2.57 bits per heavy atom. The van der Waals surface area contributed by atoms with Gasteiger partial charge in [0.2, 0.25) is 11.8 Å². The van der Waals surface area contributed by atoms with Crippen molar-refractivity contribution in [2.75, 3.05) is 39.8 Å². The lowest BCUT2D eigenvalue weighted by molar-refractivity contribution is -0.158. The van der Waals surface area contributed by atoms with Crippen LogP contribution in [0.5, 0.6) is 5.75 Å². The number of aromatic amines is 1. The third kappa shape index (κ3) is 4.08. The average molecular weight is 475 g/mol. The summed E-state index contributed by atoms with van der Waals surface area (Å²) < 4.78 is 5.70. The zero-order chi connectivity index (χ0) is 24.5. The number of ether oxygens (including phenoxy) is 1. The molecule has 1 unspecified atom stereocenters. The van der Waals surface area contributed by atoms with Gasteiger partial charge in [-0.2, -0.15) is 0 Å². The minimum absolute atomic E-state index is 0.0161.